The van der Waals surface area contributed by atoms with Crippen LogP contribution < -0.4 is 14.5 Å². The Bertz CT molecular complexity index is 1500. The van der Waals surface area contributed by atoms with Crippen LogP contribution in [0.3, 0.4) is 0 Å². The molecule has 1 atom stereocenters. The predicted molar refractivity (Wildman–Crippen MR) is 162 cm³/mol. The number of hydrogen-bond acceptors (Lipinski definition) is 5. The lowest BCUT2D eigenvalue weighted by Gasteiger charge is -2.36. The number of nitrogens with zero attached hydrogens (tertiary/aromatic N) is 4. The smallest absolute Gasteiger partial charge is 0.268 e. The number of pyridine rings is 1. The lowest BCUT2D eigenvalue weighted by molar-refractivity contribution is -0.126. The monoisotopic (exact) mass is 574 g/mol. The third-order valence-corrected chi connectivity index (χ3v) is 8.93. The van der Waals surface area contributed by atoms with E-state index >= 15 is 8.78 Å². The van der Waals surface area contributed by atoms with Crippen LogP contribution in [-0.2, 0) is 11.2 Å². The van der Waals surface area contributed by atoms with E-state index in [-0.39, 0.29) is 23.5 Å². The van der Waals surface area contributed by atoms with Crippen molar-refractivity contribution < 1.29 is 18.3 Å². The molecule has 6 nitrogen and oxygen atoms in total. The van der Waals surface area contributed by atoms with E-state index in [0.717, 1.165) is 61.2 Å². The van der Waals surface area contributed by atoms with Crippen LogP contribution in [0.1, 0.15) is 69.2 Å². The third-order valence-electron chi connectivity index (χ3n) is 8.93. The van der Waals surface area contributed by atoms with E-state index in [0.29, 0.717) is 35.3 Å². The van der Waals surface area contributed by atoms with Crippen LogP contribution in [0.4, 0.5) is 20.2 Å². The minimum atomic E-state index is -0.744. The number of amides is 1. The van der Waals surface area contributed by atoms with Crippen LogP contribution in [0.25, 0.3) is 11.1 Å². The average Bonchev–Trinajstić information content (AvgIpc) is 3.80. The van der Waals surface area contributed by atoms with Gasteiger partial charge in [0.1, 0.15) is 5.82 Å². The molecule has 2 fully saturated rings. The topological polar surface area (TPSA) is 48.9 Å². The molecule has 3 aliphatic rings. The van der Waals surface area contributed by atoms with Gasteiger partial charge >= 0.3 is 0 Å². The van der Waals surface area contributed by atoms with E-state index in [1.807, 2.05) is 44.3 Å². The van der Waals surface area contributed by atoms with Crippen molar-refractivity contribution in [3.8, 4) is 16.9 Å². The van der Waals surface area contributed by atoms with Crippen LogP contribution in [0.15, 0.2) is 42.6 Å². The highest BCUT2D eigenvalue weighted by molar-refractivity contribution is 6.01. The molecule has 1 aliphatic carbocycles. The Balaban J connectivity index is 1.29. The van der Waals surface area contributed by atoms with Gasteiger partial charge < -0.3 is 19.4 Å². The van der Waals surface area contributed by atoms with Gasteiger partial charge in [0.2, 0.25) is 0 Å². The maximum absolute atomic E-state index is 15.5. The molecule has 1 aromatic heterocycles. The van der Waals surface area contributed by atoms with E-state index < -0.39 is 11.9 Å². The predicted octanol–water partition coefficient (Wildman–Crippen LogP) is 6.55. The molecule has 3 aromatic rings. The molecule has 3 heterocycles. The summed E-state index contributed by atoms with van der Waals surface area (Å²) in [5.74, 6) is -0.384. The molecule has 2 aliphatic heterocycles. The first-order valence-electron chi connectivity index (χ1n) is 15.1. The van der Waals surface area contributed by atoms with Crippen molar-refractivity contribution in [1.82, 2.24) is 9.88 Å². The van der Waals surface area contributed by atoms with Crippen LogP contribution in [0.5, 0.6) is 5.75 Å². The van der Waals surface area contributed by atoms with Crippen molar-refractivity contribution in [1.29, 1.82) is 0 Å². The number of anilines is 2. The molecular formula is C34H40F2N4O2. The normalized spacial score (nSPS) is 19.5. The number of halogens is 2. The maximum Gasteiger partial charge on any atom is 0.268 e. The fourth-order valence-corrected chi connectivity index (χ4v) is 6.43. The molecule has 0 bridgehead atoms. The highest BCUT2D eigenvalue weighted by atomic mass is 19.1. The van der Waals surface area contributed by atoms with Crippen molar-refractivity contribution in [2.24, 2.45) is 0 Å². The molecule has 222 valence electrons. The summed E-state index contributed by atoms with van der Waals surface area (Å²) in [6.45, 7) is 7.17. The van der Waals surface area contributed by atoms with E-state index in [9.17, 15) is 4.79 Å². The zero-order valence-corrected chi connectivity index (χ0v) is 25.2. The summed E-state index contributed by atoms with van der Waals surface area (Å²) >= 11 is 0. The molecule has 0 spiro atoms. The minimum Gasteiger partial charge on any atom is -0.476 e. The Labute approximate surface area is 247 Å². The lowest BCUT2D eigenvalue weighted by atomic mass is 9.95. The average molecular weight is 575 g/mol. The quantitative estimate of drug-likeness (QED) is 0.321. The summed E-state index contributed by atoms with van der Waals surface area (Å²) in [5, 5.41) is 0. The van der Waals surface area contributed by atoms with Crippen molar-refractivity contribution in [2.75, 3.05) is 37.0 Å². The second-order valence-corrected chi connectivity index (χ2v) is 12.5. The van der Waals surface area contributed by atoms with Gasteiger partial charge in [-0.2, -0.15) is 0 Å². The molecule has 1 unspecified atom stereocenters. The highest BCUT2D eigenvalue weighted by Crippen LogP contribution is 2.47. The van der Waals surface area contributed by atoms with Gasteiger partial charge in [-0.3, -0.25) is 9.78 Å². The summed E-state index contributed by atoms with van der Waals surface area (Å²) < 4.78 is 36.5. The number of fused-ring (bicyclic) bond motifs is 1. The van der Waals surface area contributed by atoms with Crippen molar-refractivity contribution in [3.63, 3.8) is 0 Å². The maximum atomic E-state index is 15.5. The molecule has 0 N–H and O–H groups in total. The van der Waals surface area contributed by atoms with Crippen molar-refractivity contribution in [2.45, 2.75) is 77.0 Å². The first-order valence-corrected chi connectivity index (χ1v) is 15.1. The summed E-state index contributed by atoms with van der Waals surface area (Å²) in [6, 6.07) is 11.2. The second kappa shape index (κ2) is 11.3. The number of benzene rings is 2. The SMILES string of the molecule is CC1Oc2c(F)cc(-c3cc(Cc4ccc(N5CCC(N(C)C)CC5)c(F)c4)ncc3C3CC3)cc2N(C(C)C)C1=O. The first-order chi connectivity index (χ1) is 20.1. The van der Waals surface area contributed by atoms with Gasteiger partial charge in [0.05, 0.1) is 11.4 Å². The Hall–Kier alpha value is -3.52. The van der Waals surface area contributed by atoms with Gasteiger partial charge in [0.25, 0.3) is 5.91 Å². The summed E-state index contributed by atoms with van der Waals surface area (Å²) in [4.78, 5) is 23.7. The molecule has 6 rings (SSSR count). The molecule has 2 aromatic carbocycles. The summed E-state index contributed by atoms with van der Waals surface area (Å²) in [5.41, 5.74) is 5.40. The van der Waals surface area contributed by atoms with Crippen LogP contribution >= 0.6 is 0 Å². The van der Waals surface area contributed by atoms with E-state index in [2.05, 4.69) is 23.9 Å². The number of aromatic nitrogens is 1. The molecule has 8 heteroatoms. The Morgan fingerprint density at radius 3 is 2.38 bits per heavy atom. The largest absolute Gasteiger partial charge is 0.476 e. The number of piperidine rings is 1. The van der Waals surface area contributed by atoms with Crippen molar-refractivity contribution >= 4 is 17.3 Å². The number of rotatable bonds is 7. The van der Waals surface area contributed by atoms with Gasteiger partial charge in [0.15, 0.2) is 17.7 Å². The van der Waals surface area contributed by atoms with Gasteiger partial charge in [0, 0.05) is 43.5 Å². The zero-order chi connectivity index (χ0) is 29.7. The Morgan fingerprint density at radius 1 is 1.00 bits per heavy atom. The van der Waals surface area contributed by atoms with Crippen LogP contribution in [0.2, 0.25) is 0 Å². The standard InChI is InChI=1S/C34H40F2N4O2/c1-20(2)40-32-17-24(16-30(36)33(32)42-21(3)34(40)41)27-18-25(37-19-28(27)23-7-8-23)14-22-6-9-31(29(35)15-22)39-12-10-26(11-13-39)38(4)5/h6,9,15-21,23,26H,7-8,10-14H2,1-5H3. The van der Waals surface area contributed by atoms with E-state index in [1.165, 1.54) is 6.07 Å². The molecule has 1 saturated heterocycles. The minimum absolute atomic E-state index is 0.114. The van der Waals surface area contributed by atoms with Crippen LogP contribution in [0, 0.1) is 11.6 Å². The van der Waals surface area contributed by atoms with Gasteiger partial charge in [-0.05, 0) is 119 Å². The number of carbonyl (C=O) groups excluding carboxylic acids is 1. The molecule has 1 amide bonds. The molecule has 0 radical (unpaired) electrons. The summed E-state index contributed by atoms with van der Waals surface area (Å²) in [6.07, 6.45) is 5.78. The second-order valence-electron chi connectivity index (χ2n) is 12.5. The number of hydrogen-bond donors (Lipinski definition) is 0. The lowest BCUT2D eigenvalue weighted by Crippen LogP contribution is -2.48. The van der Waals surface area contributed by atoms with Gasteiger partial charge in [-0.25, -0.2) is 8.78 Å². The van der Waals surface area contributed by atoms with Crippen molar-refractivity contribution in [3.05, 3.63) is 71.1 Å². The first kappa shape index (κ1) is 28.6. The molecule has 42 heavy (non-hydrogen) atoms. The number of ether oxygens (including phenoxy) is 1. The number of carbonyl (C=O) groups is 1. The Kier molecular flexibility index (Phi) is 7.68. The van der Waals surface area contributed by atoms with Gasteiger partial charge in [-0.1, -0.05) is 6.07 Å². The zero-order valence-electron chi connectivity index (χ0n) is 25.2. The highest BCUT2D eigenvalue weighted by Gasteiger charge is 2.36. The molecule has 1 saturated carbocycles. The van der Waals surface area contributed by atoms with E-state index in [4.69, 9.17) is 9.72 Å². The summed E-state index contributed by atoms with van der Waals surface area (Å²) in [7, 11) is 4.20. The fourth-order valence-electron chi connectivity index (χ4n) is 6.43. The Morgan fingerprint density at radius 2 is 1.74 bits per heavy atom. The van der Waals surface area contributed by atoms with Crippen LogP contribution in [-0.4, -0.2) is 61.2 Å². The molecular weight excluding hydrogens is 534 g/mol. The fraction of sp³-hybridized carbons (Fsp3) is 0.471. The van der Waals surface area contributed by atoms with Gasteiger partial charge in [-0.15, -0.1) is 0 Å². The van der Waals surface area contributed by atoms with E-state index in [1.54, 1.807) is 17.9 Å². The third kappa shape index (κ3) is 5.49.